The molecule has 164 valence electrons. The number of hydrogen-bond acceptors (Lipinski definition) is 7. The van der Waals surface area contributed by atoms with E-state index >= 15 is 0 Å². The number of ketones is 1. The van der Waals surface area contributed by atoms with Crippen molar-refractivity contribution in [2.45, 2.75) is 19.9 Å². The molecule has 2 aromatic heterocycles. The summed E-state index contributed by atoms with van der Waals surface area (Å²) in [6.07, 6.45) is 3.15. The van der Waals surface area contributed by atoms with E-state index in [0.29, 0.717) is 35.5 Å². The van der Waals surface area contributed by atoms with Crippen molar-refractivity contribution < 1.29 is 24.2 Å². The Bertz CT molecular complexity index is 1060. The topological polar surface area (TPSA) is 116 Å². The minimum atomic E-state index is -0.766. The third-order valence-corrected chi connectivity index (χ3v) is 5.41. The van der Waals surface area contributed by atoms with E-state index in [2.05, 4.69) is 9.97 Å². The lowest BCUT2D eigenvalue weighted by molar-refractivity contribution is -0.140. The highest BCUT2D eigenvalue weighted by Crippen LogP contribution is 2.40. The Labute approximate surface area is 180 Å². The molecule has 9 heteroatoms. The molecule has 3 rings (SSSR count). The number of likely N-dealkylation sites (tertiary alicyclic amines) is 1. The molecule has 0 aromatic carbocycles. The van der Waals surface area contributed by atoms with Crippen LogP contribution in [0.4, 0.5) is 0 Å². The van der Waals surface area contributed by atoms with Gasteiger partial charge in [0.2, 0.25) is 0 Å². The van der Waals surface area contributed by atoms with Crippen LogP contribution in [0.1, 0.15) is 38.9 Å². The van der Waals surface area contributed by atoms with Crippen molar-refractivity contribution in [3.63, 3.8) is 0 Å². The van der Waals surface area contributed by atoms with E-state index in [1.54, 1.807) is 38.4 Å². The molecule has 31 heavy (non-hydrogen) atoms. The lowest BCUT2D eigenvalue weighted by atomic mass is 9.94. The number of methoxy groups -OCH3 is 1. The Morgan fingerprint density at radius 1 is 1.26 bits per heavy atom. The van der Waals surface area contributed by atoms with Crippen LogP contribution in [-0.4, -0.2) is 76.8 Å². The highest BCUT2D eigenvalue weighted by Gasteiger charge is 2.46. The molecule has 0 saturated carbocycles. The lowest BCUT2D eigenvalue weighted by Crippen LogP contribution is -2.35. The summed E-state index contributed by atoms with van der Waals surface area (Å²) in [5.74, 6) is -2.35. The number of pyridine rings is 1. The number of rotatable bonds is 6. The van der Waals surface area contributed by atoms with Crippen molar-refractivity contribution in [3.8, 4) is 0 Å². The molecule has 1 atom stereocenters. The molecule has 1 amide bonds. The zero-order valence-electron chi connectivity index (χ0n) is 18.2. The van der Waals surface area contributed by atoms with Gasteiger partial charge in [-0.2, -0.15) is 0 Å². The van der Waals surface area contributed by atoms with E-state index in [1.165, 1.54) is 12.0 Å². The standard InChI is InChI=1S/C22H26N4O5/c1-12-15(13(2)24-17(12)22(30)31-5)19(27)16-18(14-6-8-23-9-7-14)26(11-10-25(3)4)21(29)20(16)28/h6-9,18,24,27H,10-11H2,1-5H3/b19-16+/t18-/m1/s1. The predicted octanol–water partition coefficient (Wildman–Crippen LogP) is 1.80. The van der Waals surface area contributed by atoms with Crippen LogP contribution in [0, 0.1) is 13.8 Å². The predicted molar refractivity (Wildman–Crippen MR) is 113 cm³/mol. The fraction of sp³-hybridized carbons (Fsp3) is 0.364. The number of carbonyl (C=O) groups is 3. The van der Waals surface area contributed by atoms with Crippen molar-refractivity contribution in [2.75, 3.05) is 34.3 Å². The summed E-state index contributed by atoms with van der Waals surface area (Å²) >= 11 is 0. The summed E-state index contributed by atoms with van der Waals surface area (Å²) in [7, 11) is 5.01. The second-order valence-electron chi connectivity index (χ2n) is 7.69. The first-order valence-corrected chi connectivity index (χ1v) is 9.79. The largest absolute Gasteiger partial charge is 0.507 e. The van der Waals surface area contributed by atoms with Crippen LogP contribution >= 0.6 is 0 Å². The quantitative estimate of drug-likeness (QED) is 0.313. The van der Waals surface area contributed by atoms with Gasteiger partial charge in [-0.05, 0) is 51.2 Å². The Morgan fingerprint density at radius 3 is 2.48 bits per heavy atom. The van der Waals surface area contributed by atoms with Gasteiger partial charge in [0, 0.05) is 36.7 Å². The smallest absolute Gasteiger partial charge is 0.354 e. The number of likely N-dealkylation sites (N-methyl/N-ethyl adjacent to an activating group) is 1. The molecule has 1 aliphatic rings. The van der Waals surface area contributed by atoms with Gasteiger partial charge >= 0.3 is 5.97 Å². The summed E-state index contributed by atoms with van der Waals surface area (Å²) < 4.78 is 4.78. The molecule has 0 bridgehead atoms. The monoisotopic (exact) mass is 426 g/mol. The first kappa shape index (κ1) is 22.2. The number of esters is 1. The number of aromatic nitrogens is 2. The first-order valence-electron chi connectivity index (χ1n) is 9.79. The Hall–Kier alpha value is -3.46. The molecular weight excluding hydrogens is 400 g/mol. The SMILES string of the molecule is COC(=O)c1[nH]c(C)c(/C(O)=C2\C(=O)C(=O)N(CCN(C)C)[C@@H]2c2ccncc2)c1C. The van der Waals surface area contributed by atoms with E-state index < -0.39 is 23.7 Å². The van der Waals surface area contributed by atoms with Gasteiger partial charge in [0.05, 0.1) is 18.7 Å². The average Bonchev–Trinajstić information content (AvgIpc) is 3.18. The number of nitrogens with zero attached hydrogens (tertiary/aromatic N) is 3. The van der Waals surface area contributed by atoms with Crippen LogP contribution < -0.4 is 0 Å². The molecule has 0 unspecified atom stereocenters. The van der Waals surface area contributed by atoms with Crippen LogP contribution in [0.25, 0.3) is 5.76 Å². The molecule has 1 aliphatic heterocycles. The van der Waals surface area contributed by atoms with E-state index in [9.17, 15) is 19.5 Å². The number of aromatic amines is 1. The second-order valence-corrected chi connectivity index (χ2v) is 7.69. The summed E-state index contributed by atoms with van der Waals surface area (Å²) in [6, 6.07) is 2.66. The number of aliphatic hydroxyl groups excluding tert-OH is 1. The number of amides is 1. The molecule has 2 N–H and O–H groups in total. The van der Waals surface area contributed by atoms with Crippen molar-refractivity contribution in [1.29, 1.82) is 0 Å². The summed E-state index contributed by atoms with van der Waals surface area (Å²) in [5, 5.41) is 11.2. The number of Topliss-reactive ketones (excluding diaryl/α,β-unsaturated/α-hetero) is 1. The van der Waals surface area contributed by atoms with Crippen LogP contribution in [0.15, 0.2) is 30.1 Å². The molecule has 0 radical (unpaired) electrons. The second kappa shape index (κ2) is 8.73. The molecule has 0 aliphatic carbocycles. The lowest BCUT2D eigenvalue weighted by Gasteiger charge is -2.26. The normalized spacial score (nSPS) is 18.1. The van der Waals surface area contributed by atoms with Crippen LogP contribution in [-0.2, 0) is 14.3 Å². The maximum atomic E-state index is 13.0. The van der Waals surface area contributed by atoms with Crippen molar-refractivity contribution in [1.82, 2.24) is 19.8 Å². The fourth-order valence-corrected chi connectivity index (χ4v) is 3.86. The highest BCUT2D eigenvalue weighted by molar-refractivity contribution is 6.46. The van der Waals surface area contributed by atoms with Crippen LogP contribution in [0.2, 0.25) is 0 Å². The maximum absolute atomic E-state index is 13.0. The van der Waals surface area contributed by atoms with E-state index in [-0.39, 0.29) is 17.0 Å². The third-order valence-electron chi connectivity index (χ3n) is 5.41. The highest BCUT2D eigenvalue weighted by atomic mass is 16.5. The fourth-order valence-electron chi connectivity index (χ4n) is 3.86. The first-order chi connectivity index (χ1) is 14.7. The van der Waals surface area contributed by atoms with Crippen LogP contribution in [0.3, 0.4) is 0 Å². The number of H-pyrrole nitrogens is 1. The van der Waals surface area contributed by atoms with Crippen LogP contribution in [0.5, 0.6) is 0 Å². The molecule has 3 heterocycles. The molecule has 0 spiro atoms. The molecular formula is C22H26N4O5. The molecule has 9 nitrogen and oxygen atoms in total. The average molecular weight is 426 g/mol. The summed E-state index contributed by atoms with van der Waals surface area (Å²) in [5.41, 5.74) is 2.07. The minimum Gasteiger partial charge on any atom is -0.507 e. The maximum Gasteiger partial charge on any atom is 0.354 e. The van der Waals surface area contributed by atoms with E-state index in [1.807, 2.05) is 19.0 Å². The zero-order chi connectivity index (χ0) is 22.9. The minimum absolute atomic E-state index is 0.0171. The molecule has 1 saturated heterocycles. The molecule has 2 aromatic rings. The Balaban J connectivity index is 2.20. The summed E-state index contributed by atoms with van der Waals surface area (Å²) in [4.78, 5) is 48.3. The summed E-state index contributed by atoms with van der Waals surface area (Å²) in [6.45, 7) is 4.18. The molecule has 1 fully saturated rings. The van der Waals surface area contributed by atoms with Gasteiger partial charge < -0.3 is 24.6 Å². The zero-order valence-corrected chi connectivity index (χ0v) is 18.2. The van der Waals surface area contributed by atoms with Gasteiger partial charge in [0.25, 0.3) is 11.7 Å². The number of ether oxygens (including phenoxy) is 1. The third kappa shape index (κ3) is 3.96. The number of nitrogens with one attached hydrogen (secondary N) is 1. The van der Waals surface area contributed by atoms with Crippen molar-refractivity contribution >= 4 is 23.4 Å². The van der Waals surface area contributed by atoms with Gasteiger partial charge in [0.15, 0.2) is 0 Å². The van der Waals surface area contributed by atoms with Gasteiger partial charge in [-0.25, -0.2) is 4.79 Å². The number of aryl methyl sites for hydroxylation is 1. The Morgan fingerprint density at radius 2 is 1.90 bits per heavy atom. The van der Waals surface area contributed by atoms with Gasteiger partial charge in [-0.1, -0.05) is 0 Å². The van der Waals surface area contributed by atoms with E-state index in [4.69, 9.17) is 4.74 Å². The van der Waals surface area contributed by atoms with Crippen molar-refractivity contribution in [3.05, 3.63) is 58.2 Å². The number of hydrogen-bond donors (Lipinski definition) is 2. The van der Waals surface area contributed by atoms with Gasteiger partial charge in [0.1, 0.15) is 11.5 Å². The number of carbonyl (C=O) groups excluding carboxylic acids is 3. The van der Waals surface area contributed by atoms with E-state index in [0.717, 1.165) is 0 Å². The van der Waals surface area contributed by atoms with Gasteiger partial charge in [-0.3, -0.25) is 14.6 Å². The Kier molecular flexibility index (Phi) is 6.26. The number of aliphatic hydroxyl groups is 1. The van der Waals surface area contributed by atoms with Gasteiger partial charge in [-0.15, -0.1) is 0 Å². The van der Waals surface area contributed by atoms with Crippen molar-refractivity contribution in [2.24, 2.45) is 0 Å².